The van der Waals surface area contributed by atoms with Crippen LogP contribution in [0, 0.1) is 0 Å². The van der Waals surface area contributed by atoms with Gasteiger partial charge in [0, 0.05) is 17.0 Å². The summed E-state index contributed by atoms with van der Waals surface area (Å²) < 4.78 is 16.2. The summed E-state index contributed by atoms with van der Waals surface area (Å²) in [5.41, 5.74) is 8.08. The lowest BCUT2D eigenvalue weighted by molar-refractivity contribution is 0.387. The van der Waals surface area contributed by atoms with Gasteiger partial charge in [-0.15, -0.1) is 0 Å². The van der Waals surface area contributed by atoms with Crippen LogP contribution in [0.25, 0.3) is 0 Å². The largest absolute Gasteiger partial charge is 0.497 e. The van der Waals surface area contributed by atoms with Crippen LogP contribution in [0.15, 0.2) is 36.4 Å². The maximum Gasteiger partial charge on any atom is 0.126 e. The number of nitrogens with two attached hydrogens (primary N) is 1. The summed E-state index contributed by atoms with van der Waals surface area (Å²) in [6, 6.07) is 11.4. The van der Waals surface area contributed by atoms with Gasteiger partial charge in [0.2, 0.25) is 0 Å². The molecule has 0 aliphatic carbocycles. The van der Waals surface area contributed by atoms with Crippen molar-refractivity contribution >= 4 is 11.6 Å². The van der Waals surface area contributed by atoms with Crippen molar-refractivity contribution in [3.63, 3.8) is 0 Å². The summed E-state index contributed by atoms with van der Waals surface area (Å²) in [5, 5.41) is 0.679. The molecule has 0 aliphatic heterocycles. The minimum absolute atomic E-state index is 0.0863. The van der Waals surface area contributed by atoms with Gasteiger partial charge in [0.15, 0.2) is 0 Å². The maximum atomic E-state index is 6.12. The van der Waals surface area contributed by atoms with Gasteiger partial charge in [0.25, 0.3) is 0 Å². The van der Waals surface area contributed by atoms with Gasteiger partial charge in [0.05, 0.1) is 21.3 Å². The van der Waals surface area contributed by atoms with E-state index >= 15 is 0 Å². The summed E-state index contributed by atoms with van der Waals surface area (Å²) in [7, 11) is 4.93. The fourth-order valence-corrected chi connectivity index (χ4v) is 2.84. The number of benzene rings is 2. The second-order valence-electron chi connectivity index (χ2n) is 5.20. The van der Waals surface area contributed by atoms with E-state index in [4.69, 9.17) is 31.5 Å². The average Bonchev–Trinajstić information content (AvgIpc) is 2.59. The van der Waals surface area contributed by atoms with E-state index in [1.807, 2.05) is 36.4 Å². The summed E-state index contributed by atoms with van der Waals surface area (Å²) in [5.74, 6) is 2.41. The predicted molar refractivity (Wildman–Crippen MR) is 93.0 cm³/mol. The summed E-state index contributed by atoms with van der Waals surface area (Å²) >= 11 is 6.12. The summed E-state index contributed by atoms with van der Waals surface area (Å²) in [6.07, 6.45) is 0.711. The van der Waals surface area contributed by atoms with E-state index in [1.165, 1.54) is 0 Å². The van der Waals surface area contributed by atoms with Crippen LogP contribution in [0.3, 0.4) is 0 Å². The number of methoxy groups -OCH3 is 3. The molecule has 0 saturated carbocycles. The Morgan fingerprint density at radius 1 is 0.957 bits per heavy atom. The van der Waals surface area contributed by atoms with Crippen LogP contribution in [-0.4, -0.2) is 27.9 Å². The number of hydrogen-bond acceptors (Lipinski definition) is 4. The fourth-order valence-electron chi connectivity index (χ4n) is 2.65. The van der Waals surface area contributed by atoms with Crippen molar-refractivity contribution in [1.82, 2.24) is 0 Å². The monoisotopic (exact) mass is 335 g/mol. The van der Waals surface area contributed by atoms with E-state index in [-0.39, 0.29) is 5.92 Å². The van der Waals surface area contributed by atoms with E-state index in [2.05, 4.69) is 0 Å². The predicted octanol–water partition coefficient (Wildman–Crippen LogP) is 3.65. The normalized spacial score (nSPS) is 11.9. The molecule has 2 rings (SSSR count). The first-order valence-corrected chi connectivity index (χ1v) is 7.75. The Bertz CT molecular complexity index is 661. The third kappa shape index (κ3) is 4.09. The zero-order valence-corrected chi connectivity index (χ0v) is 14.4. The van der Waals surface area contributed by atoms with Crippen molar-refractivity contribution in [1.29, 1.82) is 0 Å². The van der Waals surface area contributed by atoms with E-state index in [1.54, 1.807) is 21.3 Å². The van der Waals surface area contributed by atoms with Gasteiger partial charge in [0.1, 0.15) is 17.2 Å². The van der Waals surface area contributed by atoms with Gasteiger partial charge < -0.3 is 19.9 Å². The molecule has 0 radical (unpaired) electrons. The van der Waals surface area contributed by atoms with Crippen LogP contribution in [0.1, 0.15) is 17.0 Å². The molecule has 0 bridgehead atoms. The smallest absolute Gasteiger partial charge is 0.126 e. The second kappa shape index (κ2) is 8.09. The lowest BCUT2D eigenvalue weighted by atomic mass is 9.91. The van der Waals surface area contributed by atoms with E-state index in [0.717, 1.165) is 28.4 Å². The van der Waals surface area contributed by atoms with Crippen molar-refractivity contribution in [3.8, 4) is 17.2 Å². The molecule has 0 saturated heterocycles. The lowest BCUT2D eigenvalue weighted by Gasteiger charge is -2.20. The maximum absolute atomic E-state index is 6.12. The van der Waals surface area contributed by atoms with E-state index in [9.17, 15) is 0 Å². The topological polar surface area (TPSA) is 53.7 Å². The first-order valence-electron chi connectivity index (χ1n) is 7.37. The molecule has 0 spiro atoms. The molecule has 2 aromatic carbocycles. The Morgan fingerprint density at radius 3 is 2.30 bits per heavy atom. The van der Waals surface area contributed by atoms with Gasteiger partial charge in [-0.1, -0.05) is 17.7 Å². The molecule has 0 heterocycles. The molecule has 2 aromatic rings. The molecule has 1 unspecified atom stereocenters. The highest BCUT2D eigenvalue weighted by Gasteiger charge is 2.18. The lowest BCUT2D eigenvalue weighted by Crippen LogP contribution is -2.16. The standard InChI is InChI=1S/C18H22ClNO3/c1-21-15-5-6-16(18(10-15)23-3)13(11-20)8-12-9-14(19)4-7-17(12)22-2/h4-7,9-10,13H,8,11,20H2,1-3H3. The van der Waals surface area contributed by atoms with Crippen LogP contribution >= 0.6 is 11.6 Å². The Morgan fingerprint density at radius 2 is 1.70 bits per heavy atom. The van der Waals surface area contributed by atoms with Gasteiger partial charge in [-0.05, 0) is 48.4 Å². The van der Waals surface area contributed by atoms with Gasteiger partial charge >= 0.3 is 0 Å². The van der Waals surface area contributed by atoms with Crippen molar-refractivity contribution in [2.24, 2.45) is 5.73 Å². The summed E-state index contributed by atoms with van der Waals surface area (Å²) in [6.45, 7) is 0.484. The Labute approximate surface area is 142 Å². The highest BCUT2D eigenvalue weighted by Crippen LogP contribution is 2.34. The molecule has 1 atom stereocenters. The number of rotatable bonds is 7. The van der Waals surface area contributed by atoms with Crippen LogP contribution in [0.4, 0.5) is 0 Å². The molecule has 4 nitrogen and oxygen atoms in total. The molecule has 0 aliphatic rings. The van der Waals surface area contributed by atoms with Crippen molar-refractivity contribution in [3.05, 3.63) is 52.5 Å². The van der Waals surface area contributed by atoms with Crippen molar-refractivity contribution in [2.45, 2.75) is 12.3 Å². The minimum atomic E-state index is 0.0863. The van der Waals surface area contributed by atoms with Crippen LogP contribution in [0.2, 0.25) is 5.02 Å². The number of halogens is 1. The Hall–Kier alpha value is -1.91. The van der Waals surface area contributed by atoms with Crippen molar-refractivity contribution < 1.29 is 14.2 Å². The van der Waals surface area contributed by atoms with Crippen LogP contribution in [-0.2, 0) is 6.42 Å². The summed E-state index contributed by atoms with van der Waals surface area (Å²) in [4.78, 5) is 0. The SMILES string of the molecule is COc1ccc(C(CN)Cc2cc(Cl)ccc2OC)c(OC)c1. The molecule has 124 valence electrons. The number of ether oxygens (including phenoxy) is 3. The first kappa shape index (κ1) is 17.4. The first-order chi connectivity index (χ1) is 11.1. The average molecular weight is 336 g/mol. The third-order valence-electron chi connectivity index (χ3n) is 3.87. The van der Waals surface area contributed by atoms with Crippen LogP contribution < -0.4 is 19.9 Å². The number of hydrogen-bond donors (Lipinski definition) is 1. The molecular formula is C18H22ClNO3. The molecule has 5 heteroatoms. The van der Waals surface area contributed by atoms with Gasteiger partial charge in [-0.25, -0.2) is 0 Å². The second-order valence-corrected chi connectivity index (χ2v) is 5.64. The van der Waals surface area contributed by atoms with E-state index < -0.39 is 0 Å². The quantitative estimate of drug-likeness (QED) is 0.839. The van der Waals surface area contributed by atoms with Crippen LogP contribution in [0.5, 0.6) is 17.2 Å². The van der Waals surface area contributed by atoms with E-state index in [0.29, 0.717) is 18.0 Å². The molecule has 0 aromatic heterocycles. The molecule has 23 heavy (non-hydrogen) atoms. The third-order valence-corrected chi connectivity index (χ3v) is 4.11. The fraction of sp³-hybridized carbons (Fsp3) is 0.333. The van der Waals surface area contributed by atoms with Crippen molar-refractivity contribution in [2.75, 3.05) is 27.9 Å². The minimum Gasteiger partial charge on any atom is -0.497 e. The zero-order chi connectivity index (χ0) is 16.8. The molecule has 2 N–H and O–H groups in total. The highest BCUT2D eigenvalue weighted by molar-refractivity contribution is 6.30. The zero-order valence-electron chi connectivity index (χ0n) is 13.6. The molecule has 0 amide bonds. The Balaban J connectivity index is 2.35. The highest BCUT2D eigenvalue weighted by atomic mass is 35.5. The Kier molecular flexibility index (Phi) is 6.13. The van der Waals surface area contributed by atoms with Gasteiger partial charge in [-0.3, -0.25) is 0 Å². The molecular weight excluding hydrogens is 314 g/mol. The molecule has 0 fully saturated rings. The van der Waals surface area contributed by atoms with Gasteiger partial charge in [-0.2, -0.15) is 0 Å².